The van der Waals surface area contributed by atoms with E-state index in [2.05, 4.69) is 23.1 Å². The minimum atomic E-state index is -0.623. The molecule has 1 aliphatic heterocycles. The Bertz CT molecular complexity index is 1660. The number of carbonyl (C=O) groups excluding carboxylic acids is 2. The lowest BCUT2D eigenvalue weighted by atomic mass is 9.73. The van der Waals surface area contributed by atoms with Gasteiger partial charge in [-0.2, -0.15) is 0 Å². The number of anilines is 1. The average molecular weight is 583 g/mol. The number of aromatic nitrogens is 1. The second-order valence-corrected chi connectivity index (χ2v) is 12.9. The summed E-state index contributed by atoms with van der Waals surface area (Å²) in [5, 5.41) is 0.963. The van der Waals surface area contributed by atoms with E-state index in [9.17, 15) is 14.0 Å². The second-order valence-electron chi connectivity index (χ2n) is 12.9. The summed E-state index contributed by atoms with van der Waals surface area (Å²) in [4.78, 5) is 28.1. The molecule has 3 aromatic carbocycles. The number of esters is 1. The third-order valence-corrected chi connectivity index (χ3v) is 8.90. The Kier molecular flexibility index (Phi) is 7.53. The summed E-state index contributed by atoms with van der Waals surface area (Å²) in [6.45, 7) is 9.42. The van der Waals surface area contributed by atoms with E-state index in [1.807, 2.05) is 70.2 Å². The summed E-state index contributed by atoms with van der Waals surface area (Å²) in [7, 11) is 0. The summed E-state index contributed by atoms with van der Waals surface area (Å²) >= 11 is 0. The van der Waals surface area contributed by atoms with Crippen LogP contribution in [-0.2, 0) is 19.7 Å². The van der Waals surface area contributed by atoms with E-state index in [4.69, 9.17) is 9.47 Å². The molecular formula is C36H39FN2O4. The van der Waals surface area contributed by atoms with Gasteiger partial charge in [0.25, 0.3) is 0 Å². The first-order chi connectivity index (χ1) is 20.6. The van der Waals surface area contributed by atoms with Crippen molar-refractivity contribution < 1.29 is 23.5 Å². The Balaban J connectivity index is 1.28. The van der Waals surface area contributed by atoms with Gasteiger partial charge in [0.1, 0.15) is 11.4 Å². The summed E-state index contributed by atoms with van der Waals surface area (Å²) < 4.78 is 27.2. The second kappa shape index (κ2) is 11.2. The SMILES string of the molecule is CCOC(=O)C[C@@H]1CC2(CCN(c3ccc4c(c3)cc(-c3ccccc3)n4C(=O)OC(C)(C)C)CC2)c2cc(F)ccc21. The van der Waals surface area contributed by atoms with E-state index >= 15 is 0 Å². The zero-order valence-corrected chi connectivity index (χ0v) is 25.4. The molecule has 43 heavy (non-hydrogen) atoms. The van der Waals surface area contributed by atoms with Crippen LogP contribution >= 0.6 is 0 Å². The molecule has 0 saturated carbocycles. The lowest BCUT2D eigenvalue weighted by molar-refractivity contribution is -0.143. The highest BCUT2D eigenvalue weighted by molar-refractivity contribution is 5.97. The van der Waals surface area contributed by atoms with Gasteiger partial charge in [0, 0.05) is 24.2 Å². The van der Waals surface area contributed by atoms with Gasteiger partial charge in [-0.15, -0.1) is 0 Å². The van der Waals surface area contributed by atoms with E-state index in [-0.39, 0.29) is 23.1 Å². The van der Waals surface area contributed by atoms with E-state index in [1.54, 1.807) is 10.6 Å². The summed E-state index contributed by atoms with van der Waals surface area (Å²) in [6, 6.07) is 23.2. The van der Waals surface area contributed by atoms with Crippen molar-refractivity contribution >= 4 is 28.7 Å². The maximum atomic E-state index is 14.5. The predicted molar refractivity (Wildman–Crippen MR) is 167 cm³/mol. The molecule has 1 aromatic heterocycles. The highest BCUT2D eigenvalue weighted by atomic mass is 19.1. The van der Waals surface area contributed by atoms with Crippen LogP contribution in [0, 0.1) is 5.82 Å². The number of fused-ring (bicyclic) bond motifs is 3. The van der Waals surface area contributed by atoms with Gasteiger partial charge >= 0.3 is 12.1 Å². The van der Waals surface area contributed by atoms with E-state index in [0.29, 0.717) is 13.0 Å². The molecule has 1 spiro atoms. The van der Waals surface area contributed by atoms with Gasteiger partial charge in [0.15, 0.2) is 0 Å². The van der Waals surface area contributed by atoms with Gasteiger partial charge < -0.3 is 14.4 Å². The first-order valence-corrected chi connectivity index (χ1v) is 15.2. The molecule has 1 fully saturated rings. The maximum Gasteiger partial charge on any atom is 0.419 e. The van der Waals surface area contributed by atoms with Gasteiger partial charge in [-0.3, -0.25) is 4.79 Å². The molecule has 7 heteroatoms. The molecule has 2 aliphatic rings. The Morgan fingerprint density at radius 2 is 1.72 bits per heavy atom. The van der Waals surface area contributed by atoms with Crippen LogP contribution in [0.3, 0.4) is 0 Å². The summed E-state index contributed by atoms with van der Waals surface area (Å²) in [6.07, 6.45) is 2.49. The number of piperidine rings is 1. The molecule has 224 valence electrons. The molecule has 0 N–H and O–H groups in total. The lowest BCUT2D eigenvalue weighted by Gasteiger charge is -2.41. The maximum absolute atomic E-state index is 14.5. The minimum absolute atomic E-state index is 0.0431. The van der Waals surface area contributed by atoms with Crippen LogP contribution in [0.2, 0.25) is 0 Å². The van der Waals surface area contributed by atoms with Crippen molar-refractivity contribution in [3.05, 3.63) is 89.7 Å². The van der Waals surface area contributed by atoms with E-state index in [0.717, 1.165) is 71.3 Å². The molecule has 1 saturated heterocycles. The van der Waals surface area contributed by atoms with Crippen LogP contribution in [-0.4, -0.2) is 41.9 Å². The van der Waals surface area contributed by atoms with Crippen molar-refractivity contribution in [2.45, 2.75) is 70.3 Å². The van der Waals surface area contributed by atoms with Crippen molar-refractivity contribution in [1.29, 1.82) is 0 Å². The van der Waals surface area contributed by atoms with Crippen molar-refractivity contribution in [3.8, 4) is 11.3 Å². The topological polar surface area (TPSA) is 60.8 Å². The van der Waals surface area contributed by atoms with Gasteiger partial charge in [-0.25, -0.2) is 13.8 Å². The number of carbonyl (C=O) groups is 2. The predicted octanol–water partition coefficient (Wildman–Crippen LogP) is 8.21. The highest BCUT2D eigenvalue weighted by Gasteiger charge is 2.46. The normalized spacial score (nSPS) is 17.7. The summed E-state index contributed by atoms with van der Waals surface area (Å²) in [5.74, 6) is -0.383. The number of benzene rings is 3. The van der Waals surface area contributed by atoms with Crippen LogP contribution in [0.1, 0.15) is 70.4 Å². The fraction of sp³-hybridized carbons (Fsp3) is 0.389. The van der Waals surface area contributed by atoms with Crippen molar-refractivity contribution in [1.82, 2.24) is 4.57 Å². The van der Waals surface area contributed by atoms with E-state index in [1.165, 1.54) is 6.07 Å². The molecule has 1 atom stereocenters. The van der Waals surface area contributed by atoms with Crippen LogP contribution in [0.25, 0.3) is 22.2 Å². The van der Waals surface area contributed by atoms with E-state index < -0.39 is 11.7 Å². The monoisotopic (exact) mass is 582 g/mol. The number of halogens is 1. The zero-order valence-electron chi connectivity index (χ0n) is 25.4. The third kappa shape index (κ3) is 5.65. The third-order valence-electron chi connectivity index (χ3n) is 8.90. The van der Waals surface area contributed by atoms with Crippen molar-refractivity contribution in [2.24, 2.45) is 0 Å². The molecule has 0 radical (unpaired) electrons. The summed E-state index contributed by atoms with van der Waals surface area (Å²) in [5.41, 5.74) is 4.97. The Hall–Kier alpha value is -4.13. The van der Waals surface area contributed by atoms with Crippen molar-refractivity contribution in [2.75, 3.05) is 24.6 Å². The molecule has 1 aliphatic carbocycles. The molecule has 4 aromatic rings. The quantitative estimate of drug-likeness (QED) is 0.222. The number of hydrogen-bond donors (Lipinski definition) is 0. The Morgan fingerprint density at radius 3 is 2.42 bits per heavy atom. The molecular weight excluding hydrogens is 543 g/mol. The smallest absolute Gasteiger partial charge is 0.419 e. The Morgan fingerprint density at radius 1 is 0.977 bits per heavy atom. The van der Waals surface area contributed by atoms with Gasteiger partial charge in [0.05, 0.1) is 24.2 Å². The number of rotatable bonds is 5. The van der Waals surface area contributed by atoms with Crippen LogP contribution in [0.5, 0.6) is 0 Å². The fourth-order valence-corrected chi connectivity index (χ4v) is 7.03. The minimum Gasteiger partial charge on any atom is -0.466 e. The van der Waals surface area contributed by atoms with Crippen LogP contribution in [0.15, 0.2) is 72.8 Å². The zero-order chi connectivity index (χ0) is 30.4. The first kappa shape index (κ1) is 29.0. The first-order valence-electron chi connectivity index (χ1n) is 15.2. The molecule has 2 heterocycles. The lowest BCUT2D eigenvalue weighted by Crippen LogP contribution is -2.41. The van der Waals surface area contributed by atoms with Crippen molar-refractivity contribution in [3.63, 3.8) is 0 Å². The number of hydrogen-bond acceptors (Lipinski definition) is 5. The highest BCUT2D eigenvalue weighted by Crippen LogP contribution is 2.53. The average Bonchev–Trinajstić information content (AvgIpc) is 3.48. The standard InChI is InChI=1S/C36H39FN2O4/c1-5-42-33(40)21-26-23-36(30-22-27(37)11-13-29(26)30)15-17-38(18-16-36)28-12-14-31-25(19-28)20-32(24-9-7-6-8-10-24)39(31)34(41)43-35(2,3)4/h6-14,19-20,22,26H,5,15-18,21,23H2,1-4H3/t26-/m1/s1. The van der Waals surface area contributed by atoms with Gasteiger partial charge in [-0.1, -0.05) is 36.4 Å². The van der Waals surface area contributed by atoms with Gasteiger partial charge in [-0.05, 0) is 111 Å². The van der Waals surface area contributed by atoms with Crippen LogP contribution < -0.4 is 4.90 Å². The largest absolute Gasteiger partial charge is 0.466 e. The van der Waals surface area contributed by atoms with Gasteiger partial charge in [0.2, 0.25) is 0 Å². The number of ether oxygens (including phenoxy) is 2. The molecule has 6 rings (SSSR count). The fourth-order valence-electron chi connectivity index (χ4n) is 7.03. The molecule has 6 nitrogen and oxygen atoms in total. The number of nitrogens with zero attached hydrogens (tertiary/aromatic N) is 2. The molecule has 0 bridgehead atoms. The molecule has 0 amide bonds. The van der Waals surface area contributed by atoms with Crippen LogP contribution in [0.4, 0.5) is 14.9 Å². The molecule has 0 unspecified atom stereocenters. The Labute approximate surface area is 252 Å².